The molecule has 1 unspecified atom stereocenters. The minimum absolute atomic E-state index is 0.0901. The Labute approximate surface area is 114 Å². The van der Waals surface area contributed by atoms with Crippen molar-refractivity contribution < 1.29 is 0 Å². The summed E-state index contributed by atoms with van der Waals surface area (Å²) in [5.41, 5.74) is 7.39. The van der Waals surface area contributed by atoms with Crippen LogP contribution in [0.15, 0.2) is 12.1 Å². The Morgan fingerprint density at radius 1 is 1.42 bits per heavy atom. The summed E-state index contributed by atoms with van der Waals surface area (Å²) in [6.45, 7) is 7.25. The molecule has 1 atom stereocenters. The van der Waals surface area contributed by atoms with Gasteiger partial charge in [0.1, 0.15) is 11.7 Å². The van der Waals surface area contributed by atoms with Gasteiger partial charge >= 0.3 is 0 Å². The number of amidine groups is 1. The van der Waals surface area contributed by atoms with Gasteiger partial charge in [-0.15, -0.1) is 0 Å². The molecule has 1 aliphatic heterocycles. The van der Waals surface area contributed by atoms with E-state index in [2.05, 4.69) is 28.8 Å². The Kier molecular flexibility index (Phi) is 4.04. The van der Waals surface area contributed by atoms with Crippen LogP contribution in [0.1, 0.15) is 24.6 Å². The monoisotopic (exact) mass is 261 g/mol. The predicted octanol–water partition coefficient (Wildman–Crippen LogP) is 1.20. The van der Waals surface area contributed by atoms with Gasteiger partial charge in [-0.25, -0.2) is 4.98 Å². The average Bonchev–Trinajstić information content (AvgIpc) is 2.49. The Hall–Kier alpha value is -1.62. The lowest BCUT2D eigenvalue weighted by molar-refractivity contribution is 0.337. The Balaban J connectivity index is 2.38. The van der Waals surface area contributed by atoms with E-state index in [0.29, 0.717) is 6.04 Å². The molecule has 0 amide bonds. The molecule has 2 heterocycles. The second-order valence-corrected chi connectivity index (χ2v) is 5.40. The van der Waals surface area contributed by atoms with E-state index < -0.39 is 0 Å². The van der Waals surface area contributed by atoms with Gasteiger partial charge < -0.3 is 15.5 Å². The van der Waals surface area contributed by atoms with Gasteiger partial charge in [-0.2, -0.15) is 0 Å². The summed E-state index contributed by atoms with van der Waals surface area (Å²) >= 11 is 0. The Morgan fingerprint density at radius 3 is 2.84 bits per heavy atom. The van der Waals surface area contributed by atoms with Gasteiger partial charge in [0.25, 0.3) is 0 Å². The van der Waals surface area contributed by atoms with Crippen LogP contribution in [-0.2, 0) is 0 Å². The van der Waals surface area contributed by atoms with Crippen molar-refractivity contribution in [2.45, 2.75) is 26.3 Å². The molecule has 104 valence electrons. The number of pyridine rings is 1. The van der Waals surface area contributed by atoms with Crippen LogP contribution in [0.4, 0.5) is 5.82 Å². The van der Waals surface area contributed by atoms with Crippen molar-refractivity contribution in [3.8, 4) is 0 Å². The normalized spacial score (nSPS) is 21.2. The van der Waals surface area contributed by atoms with E-state index >= 15 is 0 Å². The molecule has 1 aromatic heterocycles. The van der Waals surface area contributed by atoms with Crippen molar-refractivity contribution in [3.63, 3.8) is 0 Å². The number of aromatic nitrogens is 1. The lowest BCUT2D eigenvalue weighted by atomic mass is 10.1. The highest BCUT2D eigenvalue weighted by Gasteiger charge is 2.23. The molecule has 1 aromatic rings. The van der Waals surface area contributed by atoms with Gasteiger partial charge in [0.05, 0.1) is 5.56 Å². The molecule has 5 heteroatoms. The molecule has 1 aliphatic rings. The van der Waals surface area contributed by atoms with Crippen LogP contribution in [0, 0.1) is 12.3 Å². The third kappa shape index (κ3) is 3.04. The van der Waals surface area contributed by atoms with Crippen molar-refractivity contribution in [1.82, 2.24) is 9.88 Å². The van der Waals surface area contributed by atoms with E-state index in [9.17, 15) is 0 Å². The second-order valence-electron chi connectivity index (χ2n) is 5.40. The third-order valence-corrected chi connectivity index (χ3v) is 3.62. The number of anilines is 1. The zero-order chi connectivity index (χ0) is 14.0. The Morgan fingerprint density at radius 2 is 2.16 bits per heavy atom. The molecule has 0 aromatic carbocycles. The number of nitrogens with two attached hydrogens (primary N) is 1. The standard InChI is InChI=1S/C14H23N5/c1-10-5-6-12(13(15)16)14(17-10)19-8-4-7-18(3)9-11(19)2/h5-6,11H,4,7-9H2,1-3H3,(H3,15,16). The number of likely N-dealkylation sites (N-methyl/N-ethyl adjacent to an activating group) is 1. The average molecular weight is 261 g/mol. The van der Waals surface area contributed by atoms with Crippen molar-refractivity contribution in [3.05, 3.63) is 23.4 Å². The first kappa shape index (κ1) is 13.8. The summed E-state index contributed by atoms with van der Waals surface area (Å²) in [5, 5.41) is 7.73. The van der Waals surface area contributed by atoms with Crippen LogP contribution >= 0.6 is 0 Å². The third-order valence-electron chi connectivity index (χ3n) is 3.62. The maximum absolute atomic E-state index is 7.73. The summed E-state index contributed by atoms with van der Waals surface area (Å²) in [7, 11) is 2.15. The summed E-state index contributed by atoms with van der Waals surface area (Å²) in [6, 6.07) is 4.19. The molecule has 0 spiro atoms. The first-order valence-electron chi connectivity index (χ1n) is 6.76. The van der Waals surface area contributed by atoms with Crippen LogP contribution in [0.5, 0.6) is 0 Å². The van der Waals surface area contributed by atoms with Gasteiger partial charge in [-0.3, -0.25) is 5.41 Å². The van der Waals surface area contributed by atoms with Crippen LogP contribution in [0.25, 0.3) is 0 Å². The maximum Gasteiger partial charge on any atom is 0.140 e. The fourth-order valence-electron chi connectivity index (χ4n) is 2.66. The smallest absolute Gasteiger partial charge is 0.140 e. The second kappa shape index (κ2) is 5.57. The number of hydrogen-bond donors (Lipinski definition) is 2. The van der Waals surface area contributed by atoms with Crippen LogP contribution in [0.2, 0.25) is 0 Å². The molecule has 5 nitrogen and oxygen atoms in total. The van der Waals surface area contributed by atoms with Crippen molar-refractivity contribution >= 4 is 11.7 Å². The molecular formula is C14H23N5. The number of nitrogens with zero attached hydrogens (tertiary/aromatic N) is 3. The van der Waals surface area contributed by atoms with E-state index in [1.165, 1.54) is 0 Å². The lowest BCUT2D eigenvalue weighted by Crippen LogP contribution is -2.39. The highest BCUT2D eigenvalue weighted by Crippen LogP contribution is 2.22. The number of nitrogens with one attached hydrogen (secondary N) is 1. The number of hydrogen-bond acceptors (Lipinski definition) is 4. The Bertz CT molecular complexity index is 471. The number of aryl methyl sites for hydroxylation is 1. The van der Waals surface area contributed by atoms with Crippen LogP contribution in [0.3, 0.4) is 0 Å². The summed E-state index contributed by atoms with van der Waals surface area (Å²) in [6.07, 6.45) is 1.10. The predicted molar refractivity (Wildman–Crippen MR) is 78.9 cm³/mol. The van der Waals surface area contributed by atoms with Gasteiger partial charge in [-0.1, -0.05) is 0 Å². The number of rotatable bonds is 2. The molecular weight excluding hydrogens is 238 g/mol. The molecule has 19 heavy (non-hydrogen) atoms. The molecule has 3 N–H and O–H groups in total. The molecule has 0 aliphatic carbocycles. The fraction of sp³-hybridized carbons (Fsp3) is 0.571. The van der Waals surface area contributed by atoms with Crippen molar-refractivity contribution in [1.29, 1.82) is 5.41 Å². The summed E-state index contributed by atoms with van der Waals surface area (Å²) in [5.74, 6) is 0.947. The van der Waals surface area contributed by atoms with Gasteiger partial charge in [0, 0.05) is 24.8 Å². The zero-order valence-electron chi connectivity index (χ0n) is 12.0. The molecule has 0 saturated carbocycles. The highest BCUT2D eigenvalue weighted by atomic mass is 15.3. The largest absolute Gasteiger partial charge is 0.384 e. The molecule has 2 rings (SSSR count). The van der Waals surface area contributed by atoms with E-state index in [-0.39, 0.29) is 5.84 Å². The lowest BCUT2D eigenvalue weighted by Gasteiger charge is -2.30. The van der Waals surface area contributed by atoms with E-state index in [1.807, 2.05) is 19.1 Å². The van der Waals surface area contributed by atoms with Crippen LogP contribution < -0.4 is 10.6 Å². The molecule has 1 fully saturated rings. The first-order chi connectivity index (χ1) is 8.99. The van der Waals surface area contributed by atoms with Crippen molar-refractivity contribution in [2.75, 3.05) is 31.6 Å². The van der Waals surface area contributed by atoms with Crippen molar-refractivity contribution in [2.24, 2.45) is 5.73 Å². The van der Waals surface area contributed by atoms with Crippen LogP contribution in [-0.4, -0.2) is 48.4 Å². The fourth-order valence-corrected chi connectivity index (χ4v) is 2.66. The topological polar surface area (TPSA) is 69.2 Å². The van der Waals surface area contributed by atoms with Gasteiger partial charge in [0.15, 0.2) is 0 Å². The van der Waals surface area contributed by atoms with Gasteiger partial charge in [-0.05, 0) is 46.0 Å². The SMILES string of the molecule is Cc1ccc(C(=N)N)c(N2CCCN(C)CC2C)n1. The quantitative estimate of drug-likeness (QED) is 0.620. The highest BCUT2D eigenvalue weighted by molar-refractivity contribution is 5.99. The van der Waals surface area contributed by atoms with E-state index in [0.717, 1.165) is 43.1 Å². The number of nitrogen functional groups attached to an aromatic ring is 1. The molecule has 0 radical (unpaired) electrons. The molecule has 0 bridgehead atoms. The van der Waals surface area contributed by atoms with Gasteiger partial charge in [0.2, 0.25) is 0 Å². The van der Waals surface area contributed by atoms with E-state index in [1.54, 1.807) is 0 Å². The first-order valence-corrected chi connectivity index (χ1v) is 6.76. The summed E-state index contributed by atoms with van der Waals surface area (Å²) in [4.78, 5) is 9.25. The van der Waals surface area contributed by atoms with E-state index in [4.69, 9.17) is 11.1 Å². The maximum atomic E-state index is 7.73. The minimum atomic E-state index is 0.0901. The molecule has 1 saturated heterocycles. The minimum Gasteiger partial charge on any atom is -0.384 e. The summed E-state index contributed by atoms with van der Waals surface area (Å²) < 4.78 is 0. The zero-order valence-corrected chi connectivity index (χ0v) is 12.0.